The van der Waals surface area contributed by atoms with E-state index in [1.807, 2.05) is 25.1 Å². The summed E-state index contributed by atoms with van der Waals surface area (Å²) < 4.78 is 5.89. The maximum absolute atomic E-state index is 11.7. The Hall–Kier alpha value is -1.53. The van der Waals surface area contributed by atoms with Gasteiger partial charge in [0.1, 0.15) is 16.0 Å². The van der Waals surface area contributed by atoms with Gasteiger partial charge in [-0.25, -0.2) is 9.78 Å². The van der Waals surface area contributed by atoms with Crippen LogP contribution in [0.25, 0.3) is 11.4 Å². The Bertz CT molecular complexity index is 740. The fraction of sp³-hybridized carbons (Fsp3) is 0.214. The van der Waals surface area contributed by atoms with Crippen molar-refractivity contribution in [2.75, 3.05) is 7.11 Å². The topological polar surface area (TPSA) is 55.0 Å². The average Bonchev–Trinajstić information content (AvgIpc) is 2.40. The largest absolute Gasteiger partial charge is 0.465 e. The van der Waals surface area contributed by atoms with Gasteiger partial charge >= 0.3 is 5.97 Å². The van der Waals surface area contributed by atoms with Crippen LogP contribution < -0.4 is 0 Å². The van der Waals surface area contributed by atoms with Crippen LogP contribution in [0.4, 0.5) is 0 Å². The molecular formula is C14H13BrN2O2S. The second-order valence-corrected chi connectivity index (χ2v) is 5.50. The molecule has 0 aliphatic carbocycles. The second-order valence-electron chi connectivity index (χ2n) is 4.32. The molecule has 1 N–H and O–H groups in total. The molecule has 0 amide bonds. The zero-order valence-electron chi connectivity index (χ0n) is 11.3. The molecular weight excluding hydrogens is 340 g/mol. The second kappa shape index (κ2) is 5.85. The molecule has 0 unspecified atom stereocenters. The number of aryl methyl sites for hydroxylation is 2. The zero-order chi connectivity index (χ0) is 14.9. The summed E-state index contributed by atoms with van der Waals surface area (Å²) in [5, 5.41) is 0. The van der Waals surface area contributed by atoms with E-state index >= 15 is 0 Å². The normalized spacial score (nSPS) is 10.4. The van der Waals surface area contributed by atoms with E-state index in [1.54, 1.807) is 6.92 Å². The molecule has 0 saturated heterocycles. The fourth-order valence-electron chi connectivity index (χ4n) is 1.89. The molecule has 0 spiro atoms. The van der Waals surface area contributed by atoms with E-state index in [2.05, 4.69) is 25.9 Å². The molecule has 20 heavy (non-hydrogen) atoms. The Morgan fingerprint density at radius 1 is 1.40 bits per heavy atom. The maximum Gasteiger partial charge on any atom is 0.342 e. The molecule has 4 nitrogen and oxygen atoms in total. The number of carbonyl (C=O) groups is 1. The zero-order valence-corrected chi connectivity index (χ0v) is 13.7. The van der Waals surface area contributed by atoms with Gasteiger partial charge < -0.3 is 9.72 Å². The highest BCUT2D eigenvalue weighted by Gasteiger charge is 2.16. The van der Waals surface area contributed by atoms with Gasteiger partial charge in [-0.15, -0.1) is 0 Å². The van der Waals surface area contributed by atoms with Crippen LogP contribution in [0.5, 0.6) is 0 Å². The van der Waals surface area contributed by atoms with Gasteiger partial charge in [-0.2, -0.15) is 0 Å². The van der Waals surface area contributed by atoms with Crippen molar-refractivity contribution in [3.63, 3.8) is 0 Å². The molecule has 0 aliphatic heterocycles. The van der Waals surface area contributed by atoms with Crippen molar-refractivity contribution in [2.45, 2.75) is 13.8 Å². The number of aromatic amines is 1. The fourth-order valence-corrected chi connectivity index (χ4v) is 2.67. The average molecular weight is 353 g/mol. The number of nitrogens with one attached hydrogen (secondary N) is 1. The Kier molecular flexibility index (Phi) is 4.35. The van der Waals surface area contributed by atoms with Crippen LogP contribution in [-0.2, 0) is 4.74 Å². The van der Waals surface area contributed by atoms with Crippen molar-refractivity contribution in [2.24, 2.45) is 0 Å². The molecule has 104 valence electrons. The van der Waals surface area contributed by atoms with Crippen molar-refractivity contribution in [1.29, 1.82) is 0 Å². The first-order valence-corrected chi connectivity index (χ1v) is 7.10. The number of H-pyrrole nitrogens is 1. The van der Waals surface area contributed by atoms with Crippen LogP contribution in [-0.4, -0.2) is 23.0 Å². The number of benzene rings is 1. The van der Waals surface area contributed by atoms with Crippen molar-refractivity contribution in [1.82, 2.24) is 9.97 Å². The lowest BCUT2D eigenvalue weighted by atomic mass is 10.1. The molecule has 0 saturated carbocycles. The van der Waals surface area contributed by atoms with E-state index in [0.717, 1.165) is 15.6 Å². The number of aromatic nitrogens is 2. The number of hydrogen-bond acceptors (Lipinski definition) is 4. The number of ether oxygens (including phenoxy) is 1. The molecule has 0 bridgehead atoms. The summed E-state index contributed by atoms with van der Waals surface area (Å²) in [6.45, 7) is 3.77. The number of rotatable bonds is 2. The summed E-state index contributed by atoms with van der Waals surface area (Å²) in [5.41, 5.74) is 2.93. The van der Waals surface area contributed by atoms with E-state index in [0.29, 0.717) is 17.1 Å². The van der Waals surface area contributed by atoms with Crippen LogP contribution in [0.1, 0.15) is 21.6 Å². The third-order valence-electron chi connectivity index (χ3n) is 2.94. The first-order valence-electron chi connectivity index (χ1n) is 5.90. The van der Waals surface area contributed by atoms with Crippen LogP contribution in [0.15, 0.2) is 22.7 Å². The molecule has 6 heteroatoms. The first-order chi connectivity index (χ1) is 9.45. The van der Waals surface area contributed by atoms with E-state index in [-0.39, 0.29) is 4.64 Å². The lowest BCUT2D eigenvalue weighted by Gasteiger charge is -2.10. The third-order valence-corrected chi connectivity index (χ3v) is 4.29. The molecule has 2 rings (SSSR count). The van der Waals surface area contributed by atoms with Crippen molar-refractivity contribution in [3.8, 4) is 11.4 Å². The Labute approximate surface area is 130 Å². The quantitative estimate of drug-likeness (QED) is 0.656. The summed E-state index contributed by atoms with van der Waals surface area (Å²) in [4.78, 5) is 19.1. The van der Waals surface area contributed by atoms with Gasteiger partial charge in [0.05, 0.1) is 7.11 Å². The van der Waals surface area contributed by atoms with Crippen molar-refractivity contribution < 1.29 is 9.53 Å². The summed E-state index contributed by atoms with van der Waals surface area (Å²) in [7, 11) is 1.32. The first kappa shape index (κ1) is 14.9. The number of nitrogens with zero attached hydrogens (tertiary/aromatic N) is 1. The van der Waals surface area contributed by atoms with Crippen LogP contribution in [0.2, 0.25) is 0 Å². The van der Waals surface area contributed by atoms with Crippen LogP contribution in [0.3, 0.4) is 0 Å². The third kappa shape index (κ3) is 2.66. The Balaban J connectivity index is 2.64. The predicted molar refractivity (Wildman–Crippen MR) is 83.4 cm³/mol. The number of esters is 1. The van der Waals surface area contributed by atoms with Gasteiger partial charge in [-0.3, -0.25) is 0 Å². The van der Waals surface area contributed by atoms with Gasteiger partial charge in [-0.1, -0.05) is 30.4 Å². The van der Waals surface area contributed by atoms with E-state index in [4.69, 9.17) is 17.0 Å². The number of halogens is 1. The predicted octanol–water partition coefficient (Wildman–Crippen LogP) is 3.97. The lowest BCUT2D eigenvalue weighted by Crippen LogP contribution is -2.09. The smallest absolute Gasteiger partial charge is 0.342 e. The van der Waals surface area contributed by atoms with E-state index in [9.17, 15) is 4.79 Å². The van der Waals surface area contributed by atoms with Crippen molar-refractivity contribution in [3.05, 3.63) is 44.1 Å². The Morgan fingerprint density at radius 3 is 2.70 bits per heavy atom. The summed E-state index contributed by atoms with van der Waals surface area (Å²) >= 11 is 8.74. The highest BCUT2D eigenvalue weighted by molar-refractivity contribution is 9.10. The number of carbonyl (C=O) groups excluding carboxylic acids is 1. The van der Waals surface area contributed by atoms with Crippen molar-refractivity contribution >= 4 is 34.1 Å². The molecule has 1 aromatic heterocycles. The lowest BCUT2D eigenvalue weighted by molar-refractivity contribution is 0.0598. The Morgan fingerprint density at radius 2 is 2.10 bits per heavy atom. The number of hydrogen-bond donors (Lipinski definition) is 1. The van der Waals surface area contributed by atoms with E-state index in [1.165, 1.54) is 7.11 Å². The molecule has 1 heterocycles. The standard InChI is InChI=1S/C14H13BrN2O2S/c1-7-5-4-6-9(11(7)15)12-16-8(2)10(13(20)17-12)14(18)19-3/h4-6H,1-3H3,(H,16,17,20). The van der Waals surface area contributed by atoms with E-state index < -0.39 is 5.97 Å². The summed E-state index contributed by atoms with van der Waals surface area (Å²) in [6, 6.07) is 5.87. The summed E-state index contributed by atoms with van der Waals surface area (Å²) in [5.74, 6) is 0.141. The molecule has 0 aliphatic rings. The monoisotopic (exact) mass is 352 g/mol. The van der Waals surface area contributed by atoms with Crippen LogP contribution >= 0.6 is 28.1 Å². The maximum atomic E-state index is 11.7. The van der Waals surface area contributed by atoms with Gasteiger partial charge in [0.25, 0.3) is 0 Å². The summed E-state index contributed by atoms with van der Waals surface area (Å²) in [6.07, 6.45) is 0. The minimum atomic E-state index is -0.480. The molecule has 1 aromatic carbocycles. The van der Waals surface area contributed by atoms with Gasteiger partial charge in [0.2, 0.25) is 0 Å². The minimum absolute atomic E-state index is 0.233. The molecule has 0 radical (unpaired) electrons. The van der Waals surface area contributed by atoms with Crippen LogP contribution in [0, 0.1) is 18.5 Å². The van der Waals surface area contributed by atoms with Gasteiger partial charge in [0.15, 0.2) is 0 Å². The molecule has 0 atom stereocenters. The highest BCUT2D eigenvalue weighted by Crippen LogP contribution is 2.29. The molecule has 0 fully saturated rings. The highest BCUT2D eigenvalue weighted by atomic mass is 79.9. The minimum Gasteiger partial charge on any atom is -0.465 e. The SMILES string of the molecule is COC(=O)c1c(C)[nH]c(-c2cccc(C)c2Br)nc1=S. The molecule has 2 aromatic rings. The van der Waals surface area contributed by atoms with Gasteiger partial charge in [-0.05, 0) is 35.3 Å². The van der Waals surface area contributed by atoms with Gasteiger partial charge in [0, 0.05) is 15.7 Å². The number of methoxy groups -OCH3 is 1.